The number of nitrogens with zero attached hydrogens (tertiary/aromatic N) is 4. The number of H-pyrrole nitrogens is 1. The van der Waals surface area contributed by atoms with Crippen molar-refractivity contribution in [1.29, 1.82) is 0 Å². The minimum atomic E-state index is -5.29. The Hall–Kier alpha value is -3.58. The van der Waals surface area contributed by atoms with Crippen LogP contribution in [0.15, 0.2) is 11.0 Å². The molecule has 2 rings (SSSR count). The number of carbonyl (C=O) groups is 3. The molecule has 3 N–H and O–H groups in total. The highest BCUT2D eigenvalue weighted by Gasteiger charge is 2.44. The number of rotatable bonds is 4. The topological polar surface area (TPSA) is 150 Å². The third kappa shape index (κ3) is 5.03. The Balaban J connectivity index is 2.38. The maximum atomic E-state index is 12.7. The maximum Gasteiger partial charge on any atom is 0.471 e. The van der Waals surface area contributed by atoms with E-state index in [1.165, 1.54) is 0 Å². The predicted molar refractivity (Wildman–Crippen MR) is 92.5 cm³/mol. The largest absolute Gasteiger partial charge is 0.471 e. The van der Waals surface area contributed by atoms with Gasteiger partial charge in [-0.05, 0) is 0 Å². The smallest absolute Gasteiger partial charge is 0.341 e. The molecular weight excluding hydrogens is 399 g/mol. The number of anilines is 1. The quantitative estimate of drug-likeness (QED) is 0.659. The van der Waals surface area contributed by atoms with Crippen LogP contribution in [-0.2, 0) is 16.1 Å². The van der Waals surface area contributed by atoms with Crippen molar-refractivity contribution in [3.05, 3.63) is 22.2 Å². The van der Waals surface area contributed by atoms with E-state index in [2.05, 4.69) is 25.3 Å². The summed E-state index contributed by atoms with van der Waals surface area (Å²) >= 11 is 0. The van der Waals surface area contributed by atoms with Crippen LogP contribution >= 0.6 is 0 Å². The molecule has 0 bridgehead atoms. The van der Waals surface area contributed by atoms with Gasteiger partial charge in [-0.3, -0.25) is 29.6 Å². The van der Waals surface area contributed by atoms with Crippen molar-refractivity contribution in [2.45, 2.75) is 26.6 Å². The summed E-state index contributed by atoms with van der Waals surface area (Å²) in [5, 5.41) is 4.29. The van der Waals surface area contributed by atoms with E-state index >= 15 is 0 Å². The lowest BCUT2D eigenvalue weighted by atomic mass is 10.2. The van der Waals surface area contributed by atoms with Crippen LogP contribution in [0, 0.1) is 5.92 Å². The van der Waals surface area contributed by atoms with Crippen molar-refractivity contribution >= 4 is 35.0 Å². The number of alkyl halides is 3. The molecule has 0 fully saturated rings. The van der Waals surface area contributed by atoms with E-state index in [1.54, 1.807) is 13.8 Å². The van der Waals surface area contributed by atoms with Crippen LogP contribution in [-0.4, -0.2) is 55.9 Å². The van der Waals surface area contributed by atoms with E-state index in [1.807, 2.05) is 5.32 Å². The molecule has 4 amide bonds. The van der Waals surface area contributed by atoms with Gasteiger partial charge in [0.05, 0.1) is 18.4 Å². The molecule has 0 spiro atoms. The summed E-state index contributed by atoms with van der Waals surface area (Å²) in [7, 11) is 1.05. The Labute approximate surface area is 160 Å². The summed E-state index contributed by atoms with van der Waals surface area (Å²) in [5.41, 5.74) is -1.62. The number of aromatic nitrogens is 4. The number of halogens is 3. The van der Waals surface area contributed by atoms with Crippen LogP contribution in [0.3, 0.4) is 0 Å². The molecule has 0 unspecified atom stereocenters. The maximum absolute atomic E-state index is 12.7. The van der Waals surface area contributed by atoms with E-state index < -0.39 is 36.1 Å². The molecule has 0 atom stereocenters. The van der Waals surface area contributed by atoms with Crippen LogP contribution in [0.4, 0.5) is 23.9 Å². The molecule has 29 heavy (non-hydrogen) atoms. The molecule has 0 aliphatic carbocycles. The van der Waals surface area contributed by atoms with Gasteiger partial charge in [-0.25, -0.2) is 14.8 Å². The predicted octanol–water partition coefficient (Wildman–Crippen LogP) is 0.538. The number of urea groups is 1. The minimum absolute atomic E-state index is 0.116. The molecule has 156 valence electrons. The van der Waals surface area contributed by atoms with Gasteiger partial charge < -0.3 is 5.32 Å². The second-order valence-corrected chi connectivity index (χ2v) is 6.04. The molecule has 2 heterocycles. The molecule has 0 radical (unpaired) electrons. The van der Waals surface area contributed by atoms with Crippen molar-refractivity contribution < 1.29 is 27.6 Å². The van der Waals surface area contributed by atoms with E-state index in [0.29, 0.717) is 0 Å². The first-order valence-electron chi connectivity index (χ1n) is 8.11. The summed E-state index contributed by atoms with van der Waals surface area (Å²) in [5.74, 6) is -3.38. The number of imide groups is 1. The first kappa shape index (κ1) is 21.7. The van der Waals surface area contributed by atoms with Crippen LogP contribution in [0.1, 0.15) is 19.5 Å². The van der Waals surface area contributed by atoms with Crippen molar-refractivity contribution in [2.75, 3.05) is 12.4 Å². The molecule has 0 aliphatic rings. The Morgan fingerprint density at radius 2 is 1.90 bits per heavy atom. The van der Waals surface area contributed by atoms with E-state index in [0.717, 1.165) is 13.2 Å². The average Bonchev–Trinajstić information content (AvgIpc) is 2.64. The number of hydrogen-bond donors (Lipinski definition) is 3. The summed E-state index contributed by atoms with van der Waals surface area (Å²) in [6.07, 6.45) is -4.33. The van der Waals surface area contributed by atoms with Gasteiger partial charge in [0, 0.05) is 13.0 Å². The van der Waals surface area contributed by atoms with Crippen molar-refractivity contribution in [2.24, 2.45) is 5.92 Å². The zero-order valence-electron chi connectivity index (χ0n) is 15.4. The second kappa shape index (κ2) is 8.20. The number of fused-ring (bicyclic) bond motifs is 1. The Morgan fingerprint density at radius 3 is 2.45 bits per heavy atom. The lowest BCUT2D eigenvalue weighted by Gasteiger charge is -2.20. The van der Waals surface area contributed by atoms with Crippen LogP contribution in [0.2, 0.25) is 0 Å². The number of amides is 4. The fourth-order valence-electron chi connectivity index (χ4n) is 2.04. The summed E-state index contributed by atoms with van der Waals surface area (Å²) in [6.45, 7) is 2.37. The summed E-state index contributed by atoms with van der Waals surface area (Å²) in [4.78, 5) is 60.7. The minimum Gasteiger partial charge on any atom is -0.341 e. The number of hydrogen-bond acceptors (Lipinski definition) is 7. The average molecular weight is 415 g/mol. The SMILES string of the molecule is CNC(=O)N(Cc1cnc2nc(NC(=O)C(C)C)[nH]c(=O)c2n1)C(=O)C(F)(F)F. The van der Waals surface area contributed by atoms with Gasteiger partial charge >= 0.3 is 18.1 Å². The van der Waals surface area contributed by atoms with Gasteiger partial charge in [0.25, 0.3) is 5.56 Å². The summed E-state index contributed by atoms with van der Waals surface area (Å²) in [6, 6.07) is -1.31. The lowest BCUT2D eigenvalue weighted by molar-refractivity contribution is -0.182. The van der Waals surface area contributed by atoms with Crippen LogP contribution in [0.5, 0.6) is 0 Å². The van der Waals surface area contributed by atoms with E-state index in [9.17, 15) is 32.3 Å². The van der Waals surface area contributed by atoms with Crippen LogP contribution in [0.25, 0.3) is 11.2 Å². The van der Waals surface area contributed by atoms with E-state index in [-0.39, 0.29) is 33.6 Å². The Kier molecular flexibility index (Phi) is 6.14. The third-order valence-electron chi connectivity index (χ3n) is 3.50. The van der Waals surface area contributed by atoms with Crippen molar-refractivity contribution in [1.82, 2.24) is 30.2 Å². The van der Waals surface area contributed by atoms with Gasteiger partial charge in [0.2, 0.25) is 11.9 Å². The third-order valence-corrected chi connectivity index (χ3v) is 3.50. The Morgan fingerprint density at radius 1 is 1.24 bits per heavy atom. The fourth-order valence-corrected chi connectivity index (χ4v) is 2.04. The zero-order valence-corrected chi connectivity index (χ0v) is 15.4. The standard InChI is InChI=1S/C15H16F3N7O4/c1-6(2)10(26)23-13-22-9-8(11(27)24-13)21-7(4-20-9)5-25(14(29)19-3)12(28)15(16,17)18/h4,6H,5H2,1-3H3,(H,19,29)(H2,20,22,23,24,26,27). The number of aromatic amines is 1. The highest BCUT2D eigenvalue weighted by atomic mass is 19.4. The molecular formula is C15H16F3N7O4. The van der Waals surface area contributed by atoms with E-state index in [4.69, 9.17) is 0 Å². The van der Waals surface area contributed by atoms with Gasteiger partial charge in [-0.15, -0.1) is 0 Å². The first-order valence-corrected chi connectivity index (χ1v) is 8.11. The molecule has 0 saturated heterocycles. The van der Waals surface area contributed by atoms with Crippen LogP contribution < -0.4 is 16.2 Å². The monoisotopic (exact) mass is 415 g/mol. The summed E-state index contributed by atoms with van der Waals surface area (Å²) < 4.78 is 38.1. The van der Waals surface area contributed by atoms with Gasteiger partial charge in [0.1, 0.15) is 0 Å². The lowest BCUT2D eigenvalue weighted by Crippen LogP contribution is -2.48. The second-order valence-electron chi connectivity index (χ2n) is 6.04. The van der Waals surface area contributed by atoms with Crippen molar-refractivity contribution in [3.8, 4) is 0 Å². The molecule has 11 nitrogen and oxygen atoms in total. The highest BCUT2D eigenvalue weighted by molar-refractivity contribution is 5.97. The van der Waals surface area contributed by atoms with Gasteiger partial charge in [-0.2, -0.15) is 18.2 Å². The Bertz CT molecular complexity index is 1020. The molecule has 0 aromatic carbocycles. The fraction of sp³-hybridized carbons (Fsp3) is 0.400. The molecule has 0 saturated carbocycles. The molecule has 0 aliphatic heterocycles. The number of nitrogens with one attached hydrogen (secondary N) is 3. The van der Waals surface area contributed by atoms with Crippen molar-refractivity contribution in [3.63, 3.8) is 0 Å². The van der Waals surface area contributed by atoms with Gasteiger partial charge in [-0.1, -0.05) is 13.8 Å². The highest BCUT2D eigenvalue weighted by Crippen LogP contribution is 2.20. The zero-order chi connectivity index (χ0) is 21.9. The number of carbonyl (C=O) groups excluding carboxylic acids is 3. The normalized spacial score (nSPS) is 11.4. The molecule has 2 aromatic rings. The first-order chi connectivity index (χ1) is 13.4. The molecule has 14 heteroatoms. The molecule has 2 aromatic heterocycles. The van der Waals surface area contributed by atoms with Gasteiger partial charge in [0.15, 0.2) is 11.2 Å².